The second-order valence-corrected chi connectivity index (χ2v) is 7.52. The average molecular weight is 424 g/mol. The molecule has 0 atom stereocenters. The van der Waals surface area contributed by atoms with E-state index in [4.69, 9.17) is 4.74 Å². The number of alkyl halides is 3. The van der Waals surface area contributed by atoms with Gasteiger partial charge in [-0.15, -0.1) is 0 Å². The summed E-state index contributed by atoms with van der Waals surface area (Å²) in [5.41, 5.74) is -3.49. The molecule has 154 valence electrons. The molecule has 1 heterocycles. The van der Waals surface area contributed by atoms with Gasteiger partial charge in [-0.2, -0.15) is 13.2 Å². The lowest BCUT2D eigenvalue weighted by atomic mass is 10.1. The number of benzene rings is 2. The van der Waals surface area contributed by atoms with Gasteiger partial charge in [0.15, 0.2) is 0 Å². The molecule has 1 saturated heterocycles. The van der Waals surface area contributed by atoms with Crippen LogP contribution in [0.15, 0.2) is 53.4 Å². The van der Waals surface area contributed by atoms with Gasteiger partial charge in [0.25, 0.3) is 11.8 Å². The van der Waals surface area contributed by atoms with Crippen molar-refractivity contribution in [1.29, 1.82) is 0 Å². The van der Waals surface area contributed by atoms with E-state index in [1.54, 1.807) is 41.2 Å². The second kappa shape index (κ2) is 8.77. The molecule has 0 aromatic heterocycles. The van der Waals surface area contributed by atoms with Crippen LogP contribution in [0.2, 0.25) is 0 Å². The van der Waals surface area contributed by atoms with Crippen LogP contribution < -0.4 is 4.74 Å². The monoisotopic (exact) mass is 424 g/mol. The molecule has 2 amide bonds. The molecule has 0 saturated carbocycles. The first kappa shape index (κ1) is 21.0. The lowest BCUT2D eigenvalue weighted by molar-refractivity contribution is -0.0328. The van der Waals surface area contributed by atoms with E-state index in [0.717, 1.165) is 0 Å². The Morgan fingerprint density at radius 1 is 0.828 bits per heavy atom. The number of hydrogen-bond acceptors (Lipinski definition) is 4. The third-order valence-electron chi connectivity index (χ3n) is 4.53. The summed E-state index contributed by atoms with van der Waals surface area (Å²) in [4.78, 5) is 28.5. The molecule has 0 N–H and O–H groups in total. The second-order valence-electron chi connectivity index (χ2n) is 6.39. The van der Waals surface area contributed by atoms with Crippen LogP contribution in [0.5, 0.6) is 5.75 Å². The van der Waals surface area contributed by atoms with Crippen LogP contribution in [-0.2, 0) is 0 Å². The molecule has 1 fully saturated rings. The highest BCUT2D eigenvalue weighted by molar-refractivity contribution is 8.00. The van der Waals surface area contributed by atoms with Gasteiger partial charge in [0.2, 0.25) is 0 Å². The number of carbonyl (C=O) groups excluding carboxylic acids is 2. The highest BCUT2D eigenvalue weighted by atomic mass is 32.2. The summed E-state index contributed by atoms with van der Waals surface area (Å²) in [5.74, 6) is 0.287. The summed E-state index contributed by atoms with van der Waals surface area (Å²) in [6.07, 6.45) is 0. The van der Waals surface area contributed by atoms with Crippen LogP contribution in [0.1, 0.15) is 20.7 Å². The van der Waals surface area contributed by atoms with E-state index in [1.165, 1.54) is 24.3 Å². The maximum Gasteiger partial charge on any atom is 0.446 e. The number of rotatable bonds is 4. The van der Waals surface area contributed by atoms with Gasteiger partial charge in [0.05, 0.1) is 7.11 Å². The lowest BCUT2D eigenvalue weighted by Gasteiger charge is -2.35. The summed E-state index contributed by atoms with van der Waals surface area (Å²) >= 11 is -0.217. The van der Waals surface area contributed by atoms with E-state index >= 15 is 0 Å². The van der Waals surface area contributed by atoms with Crippen molar-refractivity contribution >= 4 is 23.6 Å². The molecular weight excluding hydrogens is 405 g/mol. The SMILES string of the molecule is COc1ccc(C(=O)N2CCN(C(=O)c3ccc(SC(F)(F)F)cc3)CC2)cc1. The van der Waals surface area contributed by atoms with E-state index in [-0.39, 0.29) is 28.5 Å². The van der Waals surface area contributed by atoms with Gasteiger partial charge >= 0.3 is 5.51 Å². The first-order chi connectivity index (χ1) is 13.8. The molecule has 0 radical (unpaired) electrons. The topological polar surface area (TPSA) is 49.9 Å². The summed E-state index contributed by atoms with van der Waals surface area (Å²) in [5, 5.41) is 0. The van der Waals surface area contributed by atoms with Crippen molar-refractivity contribution in [2.24, 2.45) is 0 Å². The van der Waals surface area contributed by atoms with Crippen LogP contribution >= 0.6 is 11.8 Å². The molecule has 5 nitrogen and oxygen atoms in total. The Hall–Kier alpha value is -2.68. The Morgan fingerprint density at radius 3 is 1.62 bits per heavy atom. The van der Waals surface area contributed by atoms with Crippen LogP contribution in [0.4, 0.5) is 13.2 Å². The Labute approximate surface area is 170 Å². The summed E-state index contributed by atoms with van der Waals surface area (Å²) in [6.45, 7) is 1.50. The quantitative estimate of drug-likeness (QED) is 0.699. The maximum absolute atomic E-state index is 12.6. The molecular formula is C20H19F3N2O3S. The van der Waals surface area contributed by atoms with Crippen molar-refractivity contribution in [2.75, 3.05) is 33.3 Å². The fourth-order valence-corrected chi connectivity index (χ4v) is 3.55. The van der Waals surface area contributed by atoms with Crippen molar-refractivity contribution in [2.45, 2.75) is 10.4 Å². The van der Waals surface area contributed by atoms with Crippen LogP contribution in [0.25, 0.3) is 0 Å². The number of piperazine rings is 1. The lowest BCUT2D eigenvalue weighted by Crippen LogP contribution is -2.50. The third-order valence-corrected chi connectivity index (χ3v) is 5.27. The molecule has 3 rings (SSSR count). The molecule has 0 unspecified atom stereocenters. The zero-order chi connectivity index (χ0) is 21.0. The van der Waals surface area contributed by atoms with E-state index < -0.39 is 5.51 Å². The van der Waals surface area contributed by atoms with E-state index in [9.17, 15) is 22.8 Å². The van der Waals surface area contributed by atoms with E-state index in [1.807, 2.05) is 0 Å². The van der Waals surface area contributed by atoms with E-state index in [2.05, 4.69) is 0 Å². The minimum atomic E-state index is -4.36. The molecule has 0 spiro atoms. The summed E-state index contributed by atoms with van der Waals surface area (Å²) in [6, 6.07) is 12.2. The predicted octanol–water partition coefficient (Wildman–Crippen LogP) is 3.91. The minimum Gasteiger partial charge on any atom is -0.497 e. The van der Waals surface area contributed by atoms with Crippen molar-refractivity contribution < 1.29 is 27.5 Å². The Morgan fingerprint density at radius 2 is 1.24 bits per heavy atom. The standard InChI is InChI=1S/C20H19F3N2O3S/c1-28-16-6-2-14(3-7-16)18(26)24-10-12-25(13-11-24)19(27)15-4-8-17(9-5-15)29-20(21,22)23/h2-9H,10-13H2,1H3. The maximum atomic E-state index is 12.6. The highest BCUT2D eigenvalue weighted by Crippen LogP contribution is 2.36. The van der Waals surface area contributed by atoms with Crippen LogP contribution in [-0.4, -0.2) is 60.4 Å². The molecule has 9 heteroatoms. The third kappa shape index (κ3) is 5.44. The van der Waals surface area contributed by atoms with Gasteiger partial charge in [0, 0.05) is 42.2 Å². The zero-order valence-corrected chi connectivity index (χ0v) is 16.4. The number of thioether (sulfide) groups is 1. The number of methoxy groups -OCH3 is 1. The molecule has 2 aromatic carbocycles. The molecule has 29 heavy (non-hydrogen) atoms. The number of ether oxygens (including phenoxy) is 1. The molecule has 1 aliphatic rings. The minimum absolute atomic E-state index is 0.0314. The van der Waals surface area contributed by atoms with Crippen molar-refractivity contribution in [3.05, 3.63) is 59.7 Å². The number of amides is 2. The van der Waals surface area contributed by atoms with Crippen molar-refractivity contribution in [3.8, 4) is 5.75 Å². The summed E-state index contributed by atoms with van der Waals surface area (Å²) in [7, 11) is 1.55. The molecule has 0 bridgehead atoms. The number of carbonyl (C=O) groups is 2. The summed E-state index contributed by atoms with van der Waals surface area (Å²) < 4.78 is 42.3. The van der Waals surface area contributed by atoms with Crippen molar-refractivity contribution in [3.63, 3.8) is 0 Å². The predicted molar refractivity (Wildman–Crippen MR) is 103 cm³/mol. The van der Waals surface area contributed by atoms with Gasteiger partial charge < -0.3 is 14.5 Å². The van der Waals surface area contributed by atoms with Gasteiger partial charge in [-0.1, -0.05) is 0 Å². The van der Waals surface area contributed by atoms with Crippen LogP contribution in [0.3, 0.4) is 0 Å². The first-order valence-corrected chi connectivity index (χ1v) is 9.67. The Kier molecular flexibility index (Phi) is 6.36. The fourth-order valence-electron chi connectivity index (χ4n) is 3.01. The largest absolute Gasteiger partial charge is 0.497 e. The highest BCUT2D eigenvalue weighted by Gasteiger charge is 2.29. The molecule has 1 aliphatic heterocycles. The van der Waals surface area contributed by atoms with Gasteiger partial charge in [-0.3, -0.25) is 9.59 Å². The van der Waals surface area contributed by atoms with Crippen molar-refractivity contribution in [1.82, 2.24) is 9.80 Å². The van der Waals surface area contributed by atoms with Gasteiger partial charge in [0.1, 0.15) is 5.75 Å². The first-order valence-electron chi connectivity index (χ1n) is 8.85. The van der Waals surface area contributed by atoms with Gasteiger partial charge in [-0.25, -0.2) is 0 Å². The van der Waals surface area contributed by atoms with Gasteiger partial charge in [-0.05, 0) is 60.3 Å². The average Bonchev–Trinajstić information content (AvgIpc) is 2.72. The fraction of sp³-hybridized carbons (Fsp3) is 0.300. The number of nitrogens with zero attached hydrogens (tertiary/aromatic N) is 2. The Balaban J connectivity index is 1.57. The molecule has 2 aromatic rings. The molecule has 0 aliphatic carbocycles. The zero-order valence-electron chi connectivity index (χ0n) is 15.6. The number of halogens is 3. The van der Waals surface area contributed by atoms with Crippen LogP contribution in [0, 0.1) is 0 Å². The smallest absolute Gasteiger partial charge is 0.446 e. The normalized spacial score (nSPS) is 14.6. The number of hydrogen-bond donors (Lipinski definition) is 0. The Bertz CT molecular complexity index is 862. The van der Waals surface area contributed by atoms with E-state index in [0.29, 0.717) is 43.1 Å².